The van der Waals surface area contributed by atoms with Crippen LogP contribution in [0.2, 0.25) is 0 Å². The van der Waals surface area contributed by atoms with Gasteiger partial charge in [-0.05, 0) is 79.3 Å². The number of ether oxygens (including phenoxy) is 4. The molecule has 0 aromatic heterocycles. The molecule has 7 aromatic rings. The van der Waals surface area contributed by atoms with Crippen molar-refractivity contribution in [2.45, 2.75) is 0 Å². The number of carbonyl (C=O) groups is 4. The maximum Gasteiger partial charge on any atom is 0.372 e. The minimum Gasteiger partial charge on any atom is -0.417 e. The molecule has 0 saturated heterocycles. The lowest BCUT2D eigenvalue weighted by Crippen LogP contribution is -2.12. The highest BCUT2D eigenvalue weighted by atomic mass is 19.2. The van der Waals surface area contributed by atoms with Gasteiger partial charge < -0.3 is 18.9 Å². The van der Waals surface area contributed by atoms with Crippen molar-refractivity contribution < 1.29 is 64.5 Å². The first kappa shape index (κ1) is 41.9. The van der Waals surface area contributed by atoms with E-state index < -0.39 is 81.8 Å². The Hall–Kier alpha value is -8.26. The van der Waals surface area contributed by atoms with E-state index in [1.807, 2.05) is 0 Å². The standard InChI is InChI=1S/C48H26F6O8/c1-23(49)45(55)59-37-18-15-29(21-38(37)60-46(56)24(2)50)41-32-9-5-7-11-34(32)42(35-12-8-6-10-33(35)41)36-17-16-31(43(53)44(36)54)28-14-13-27-20-39(61-47(57)25(3)51)40(22-30(27)19-28)62-48(58)26(4)52/h5-22H,1-4H2. The van der Waals surface area contributed by atoms with Crippen molar-refractivity contribution in [3.05, 3.63) is 170 Å². The van der Waals surface area contributed by atoms with Gasteiger partial charge >= 0.3 is 23.9 Å². The van der Waals surface area contributed by atoms with Gasteiger partial charge in [0.05, 0.1) is 0 Å². The molecule has 0 aliphatic rings. The summed E-state index contributed by atoms with van der Waals surface area (Å²) < 4.78 is 108. The summed E-state index contributed by atoms with van der Waals surface area (Å²) >= 11 is 0. The quantitative estimate of drug-likeness (QED) is 0.0417. The Morgan fingerprint density at radius 3 is 1.26 bits per heavy atom. The van der Waals surface area contributed by atoms with Gasteiger partial charge in [-0.15, -0.1) is 0 Å². The fourth-order valence-electron chi connectivity index (χ4n) is 6.73. The lowest BCUT2D eigenvalue weighted by molar-refractivity contribution is -0.134. The van der Waals surface area contributed by atoms with Crippen LogP contribution >= 0.6 is 0 Å². The highest BCUT2D eigenvalue weighted by Crippen LogP contribution is 2.47. The van der Waals surface area contributed by atoms with Gasteiger partial charge in [0.1, 0.15) is 0 Å². The molecule has 0 heterocycles. The fourth-order valence-corrected chi connectivity index (χ4v) is 6.73. The van der Waals surface area contributed by atoms with E-state index in [1.165, 1.54) is 54.6 Å². The number of carbonyl (C=O) groups excluding carboxylic acids is 4. The predicted octanol–water partition coefficient (Wildman–Crippen LogP) is 12.0. The summed E-state index contributed by atoms with van der Waals surface area (Å²) in [6.07, 6.45) is 0. The first-order valence-electron chi connectivity index (χ1n) is 17.9. The van der Waals surface area contributed by atoms with Crippen LogP contribution in [0.5, 0.6) is 23.0 Å². The van der Waals surface area contributed by atoms with E-state index in [4.69, 9.17) is 18.9 Å². The van der Waals surface area contributed by atoms with Crippen LogP contribution in [0.4, 0.5) is 26.3 Å². The predicted molar refractivity (Wildman–Crippen MR) is 219 cm³/mol. The van der Waals surface area contributed by atoms with Gasteiger partial charge in [-0.25, -0.2) is 28.0 Å². The fraction of sp³-hybridized carbons (Fsp3) is 0. The molecule has 0 bridgehead atoms. The van der Waals surface area contributed by atoms with Crippen molar-refractivity contribution in [1.82, 2.24) is 0 Å². The summed E-state index contributed by atoms with van der Waals surface area (Å²) in [5.74, 6) is -16.3. The number of hydrogen-bond acceptors (Lipinski definition) is 8. The minimum absolute atomic E-state index is 0.127. The molecule has 14 heteroatoms. The Labute approximate surface area is 346 Å². The molecule has 7 aromatic carbocycles. The zero-order chi connectivity index (χ0) is 44.6. The number of halogens is 6. The molecular formula is C48H26F6O8. The number of hydrogen-bond donors (Lipinski definition) is 0. The Kier molecular flexibility index (Phi) is 11.3. The van der Waals surface area contributed by atoms with E-state index in [9.17, 15) is 36.7 Å². The van der Waals surface area contributed by atoms with Crippen LogP contribution in [0.1, 0.15) is 0 Å². The van der Waals surface area contributed by atoms with E-state index >= 15 is 8.78 Å². The summed E-state index contributed by atoms with van der Waals surface area (Å²) in [7, 11) is 0. The number of fused-ring (bicyclic) bond motifs is 3. The summed E-state index contributed by atoms with van der Waals surface area (Å²) in [5, 5.41) is 2.45. The molecule has 0 saturated carbocycles. The lowest BCUT2D eigenvalue weighted by atomic mass is 9.85. The number of benzene rings is 7. The lowest BCUT2D eigenvalue weighted by Gasteiger charge is -2.19. The van der Waals surface area contributed by atoms with Crippen molar-refractivity contribution in [2.24, 2.45) is 0 Å². The topological polar surface area (TPSA) is 105 Å². The molecule has 62 heavy (non-hydrogen) atoms. The molecule has 308 valence electrons. The van der Waals surface area contributed by atoms with Crippen molar-refractivity contribution in [1.29, 1.82) is 0 Å². The molecule has 0 radical (unpaired) electrons. The van der Waals surface area contributed by atoms with Crippen molar-refractivity contribution >= 4 is 56.2 Å². The second-order valence-electron chi connectivity index (χ2n) is 13.3. The smallest absolute Gasteiger partial charge is 0.372 e. The monoisotopic (exact) mass is 844 g/mol. The Morgan fingerprint density at radius 1 is 0.387 bits per heavy atom. The average Bonchev–Trinajstić information content (AvgIpc) is 3.24. The number of esters is 4. The molecule has 0 aliphatic heterocycles. The van der Waals surface area contributed by atoms with Crippen LogP contribution in [0, 0.1) is 11.6 Å². The van der Waals surface area contributed by atoms with E-state index in [0.717, 1.165) is 6.07 Å². The molecule has 8 nitrogen and oxygen atoms in total. The second-order valence-corrected chi connectivity index (χ2v) is 13.3. The summed E-state index contributed by atoms with van der Waals surface area (Å²) in [6.45, 7) is 11.5. The van der Waals surface area contributed by atoms with Gasteiger partial charge in [0.2, 0.25) is 23.3 Å². The van der Waals surface area contributed by atoms with Crippen LogP contribution in [0.25, 0.3) is 65.7 Å². The normalized spacial score (nSPS) is 10.9. The Morgan fingerprint density at radius 2 is 0.774 bits per heavy atom. The van der Waals surface area contributed by atoms with Gasteiger partial charge in [-0.1, -0.05) is 105 Å². The second kappa shape index (κ2) is 16.8. The van der Waals surface area contributed by atoms with E-state index in [2.05, 4.69) is 26.3 Å². The van der Waals surface area contributed by atoms with Gasteiger partial charge in [0, 0.05) is 16.7 Å². The summed E-state index contributed by atoms with van der Waals surface area (Å²) in [4.78, 5) is 48.3. The molecule has 0 aliphatic carbocycles. The maximum atomic E-state index is 16.7. The first-order valence-corrected chi connectivity index (χ1v) is 17.9. The van der Waals surface area contributed by atoms with Crippen LogP contribution in [-0.4, -0.2) is 23.9 Å². The van der Waals surface area contributed by atoms with Crippen LogP contribution in [0.3, 0.4) is 0 Å². The summed E-state index contributed by atoms with van der Waals surface area (Å²) in [6, 6.07) is 26.9. The molecule has 0 spiro atoms. The molecular weight excluding hydrogens is 819 g/mol. The third-order valence-electron chi connectivity index (χ3n) is 9.43. The number of rotatable bonds is 11. The Balaban J connectivity index is 1.37. The van der Waals surface area contributed by atoms with Crippen LogP contribution in [-0.2, 0) is 19.2 Å². The van der Waals surface area contributed by atoms with Crippen molar-refractivity contribution in [3.63, 3.8) is 0 Å². The summed E-state index contributed by atoms with van der Waals surface area (Å²) in [5.41, 5.74) is 0.959. The third kappa shape index (κ3) is 8.04. The highest BCUT2D eigenvalue weighted by molar-refractivity contribution is 6.21. The van der Waals surface area contributed by atoms with E-state index in [1.54, 1.807) is 48.5 Å². The first-order chi connectivity index (χ1) is 29.5. The maximum absolute atomic E-state index is 16.7. The van der Waals surface area contributed by atoms with Gasteiger partial charge in [-0.2, -0.15) is 17.6 Å². The van der Waals surface area contributed by atoms with Crippen molar-refractivity contribution in [3.8, 4) is 56.4 Å². The largest absolute Gasteiger partial charge is 0.417 e. The van der Waals surface area contributed by atoms with Gasteiger partial charge in [0.25, 0.3) is 0 Å². The van der Waals surface area contributed by atoms with E-state index in [-0.39, 0.29) is 22.1 Å². The van der Waals surface area contributed by atoms with Crippen LogP contribution < -0.4 is 18.9 Å². The highest BCUT2D eigenvalue weighted by Gasteiger charge is 2.25. The molecule has 7 rings (SSSR count). The molecule has 0 amide bonds. The minimum atomic E-state index is -1.54. The van der Waals surface area contributed by atoms with Crippen LogP contribution in [0.15, 0.2) is 159 Å². The molecule has 0 N–H and O–H groups in total. The molecule has 0 fully saturated rings. The molecule has 0 atom stereocenters. The zero-order valence-electron chi connectivity index (χ0n) is 31.8. The third-order valence-corrected chi connectivity index (χ3v) is 9.43. The van der Waals surface area contributed by atoms with E-state index in [0.29, 0.717) is 43.6 Å². The van der Waals surface area contributed by atoms with Crippen molar-refractivity contribution in [2.75, 3.05) is 0 Å². The Bertz CT molecular complexity index is 3100. The average molecular weight is 845 g/mol. The van der Waals surface area contributed by atoms with Gasteiger partial charge in [0.15, 0.2) is 34.6 Å². The van der Waals surface area contributed by atoms with Gasteiger partial charge in [-0.3, -0.25) is 0 Å². The SMILES string of the molecule is C=C(F)C(=O)Oc1ccc(-c2c3ccccc3c(-c3ccc(-c4ccc5cc(OC(=O)C(=C)F)c(OC(=O)C(=C)F)cc5c4)c(F)c3F)c3ccccc23)cc1OC(=O)C(=C)F. The zero-order valence-corrected chi connectivity index (χ0v) is 31.8. The molecule has 0 unspecified atom stereocenters.